The van der Waals surface area contributed by atoms with E-state index in [4.69, 9.17) is 0 Å². The Morgan fingerprint density at radius 1 is 1.26 bits per heavy atom. The number of aromatic nitrogens is 2. The van der Waals surface area contributed by atoms with E-state index < -0.39 is 0 Å². The van der Waals surface area contributed by atoms with E-state index in [1.165, 1.54) is 30.3 Å². The molecule has 1 aromatic heterocycles. The summed E-state index contributed by atoms with van der Waals surface area (Å²) in [6.07, 6.45) is 6.10. The lowest BCUT2D eigenvalue weighted by Gasteiger charge is -2.20. The van der Waals surface area contributed by atoms with Crippen molar-refractivity contribution in [2.45, 2.75) is 25.7 Å². The van der Waals surface area contributed by atoms with Crippen molar-refractivity contribution in [3.05, 3.63) is 50.5 Å². The number of aromatic amines is 1. The van der Waals surface area contributed by atoms with Crippen LogP contribution in [-0.4, -0.2) is 9.97 Å². The van der Waals surface area contributed by atoms with Crippen molar-refractivity contribution in [3.63, 3.8) is 0 Å². The number of H-pyrrole nitrogens is 1. The van der Waals surface area contributed by atoms with E-state index in [2.05, 4.69) is 37.3 Å². The Balaban J connectivity index is 2.00. The number of halogens is 1. The van der Waals surface area contributed by atoms with Crippen molar-refractivity contribution in [2.75, 3.05) is 5.32 Å². The van der Waals surface area contributed by atoms with Crippen LogP contribution < -0.4 is 10.9 Å². The third kappa shape index (κ3) is 2.42. The van der Waals surface area contributed by atoms with Crippen LogP contribution in [0.1, 0.15) is 24.0 Å². The lowest BCUT2D eigenvalue weighted by molar-refractivity contribution is 0.687. The maximum Gasteiger partial charge on any atom is 0.267 e. The maximum absolute atomic E-state index is 11.5. The van der Waals surface area contributed by atoms with Crippen LogP contribution >= 0.6 is 15.9 Å². The maximum atomic E-state index is 11.5. The minimum Gasteiger partial charge on any atom is -0.339 e. The molecule has 0 radical (unpaired) electrons. The van der Waals surface area contributed by atoms with E-state index >= 15 is 0 Å². The Hall–Kier alpha value is -1.62. The molecule has 0 amide bonds. The van der Waals surface area contributed by atoms with Crippen molar-refractivity contribution in [1.82, 2.24) is 9.97 Å². The fourth-order valence-electron chi connectivity index (χ4n) is 2.50. The van der Waals surface area contributed by atoms with Crippen LogP contribution in [0.4, 0.5) is 11.5 Å². The van der Waals surface area contributed by atoms with Crippen molar-refractivity contribution in [3.8, 4) is 0 Å². The Labute approximate surface area is 119 Å². The summed E-state index contributed by atoms with van der Waals surface area (Å²) in [6, 6.07) is 6.27. The summed E-state index contributed by atoms with van der Waals surface area (Å²) in [7, 11) is 0. The zero-order valence-electron chi connectivity index (χ0n) is 10.4. The van der Waals surface area contributed by atoms with Gasteiger partial charge in [-0.1, -0.05) is 12.1 Å². The van der Waals surface area contributed by atoms with E-state index in [1.54, 1.807) is 0 Å². The highest BCUT2D eigenvalue weighted by atomic mass is 79.9. The van der Waals surface area contributed by atoms with Gasteiger partial charge in [-0.3, -0.25) is 4.79 Å². The largest absolute Gasteiger partial charge is 0.339 e. The molecule has 0 saturated heterocycles. The summed E-state index contributed by atoms with van der Waals surface area (Å²) in [5.74, 6) is 0.558. The normalized spacial score (nSPS) is 13.9. The molecule has 1 heterocycles. The summed E-state index contributed by atoms with van der Waals surface area (Å²) in [4.78, 5) is 18.2. The first-order valence-corrected chi connectivity index (χ1v) is 7.16. The molecule has 19 heavy (non-hydrogen) atoms. The monoisotopic (exact) mass is 319 g/mol. The van der Waals surface area contributed by atoms with E-state index in [9.17, 15) is 4.79 Å². The molecule has 0 spiro atoms. The van der Waals surface area contributed by atoms with Crippen molar-refractivity contribution in [2.24, 2.45) is 0 Å². The zero-order chi connectivity index (χ0) is 13.2. The van der Waals surface area contributed by atoms with Crippen LogP contribution in [0.2, 0.25) is 0 Å². The summed E-state index contributed by atoms with van der Waals surface area (Å²) in [5.41, 5.74) is 3.62. The number of fused-ring (bicyclic) bond motifs is 1. The first kappa shape index (κ1) is 12.4. The molecule has 0 bridgehead atoms. The van der Waals surface area contributed by atoms with Gasteiger partial charge in [0, 0.05) is 5.69 Å². The van der Waals surface area contributed by atoms with Crippen molar-refractivity contribution in [1.29, 1.82) is 0 Å². The average molecular weight is 320 g/mol. The van der Waals surface area contributed by atoms with Gasteiger partial charge in [0.15, 0.2) is 5.82 Å². The lowest BCUT2D eigenvalue weighted by Crippen LogP contribution is -2.12. The van der Waals surface area contributed by atoms with Gasteiger partial charge in [-0.05, 0) is 58.8 Å². The van der Waals surface area contributed by atoms with Gasteiger partial charge >= 0.3 is 0 Å². The minimum atomic E-state index is -0.178. The predicted octanol–water partition coefficient (Wildman–Crippen LogP) is 3.15. The molecule has 0 fully saturated rings. The number of benzene rings is 1. The molecule has 1 aromatic carbocycles. The molecular weight excluding hydrogens is 306 g/mol. The number of nitrogens with one attached hydrogen (secondary N) is 2. The number of hydrogen-bond acceptors (Lipinski definition) is 3. The third-order valence-electron chi connectivity index (χ3n) is 3.45. The zero-order valence-corrected chi connectivity index (χ0v) is 12.0. The van der Waals surface area contributed by atoms with Gasteiger partial charge in [-0.25, -0.2) is 4.98 Å². The first-order chi connectivity index (χ1) is 9.25. The van der Waals surface area contributed by atoms with Gasteiger partial charge in [0.2, 0.25) is 0 Å². The van der Waals surface area contributed by atoms with Gasteiger partial charge in [-0.2, -0.15) is 0 Å². The SMILES string of the molecule is O=c1[nH]cnc(Nc2cccc3c2CCCC3)c1Br. The Morgan fingerprint density at radius 3 is 3.00 bits per heavy atom. The highest BCUT2D eigenvalue weighted by molar-refractivity contribution is 9.10. The fourth-order valence-corrected chi connectivity index (χ4v) is 2.81. The summed E-state index contributed by atoms with van der Waals surface area (Å²) >= 11 is 3.26. The molecule has 0 atom stereocenters. The van der Waals surface area contributed by atoms with Crippen LogP contribution in [0.5, 0.6) is 0 Å². The van der Waals surface area contributed by atoms with Gasteiger partial charge in [-0.15, -0.1) is 0 Å². The second kappa shape index (κ2) is 5.17. The number of aryl methyl sites for hydroxylation is 1. The first-order valence-electron chi connectivity index (χ1n) is 6.36. The smallest absolute Gasteiger partial charge is 0.267 e. The Kier molecular flexibility index (Phi) is 3.38. The fraction of sp³-hybridized carbons (Fsp3) is 0.286. The number of anilines is 2. The topological polar surface area (TPSA) is 57.8 Å². The third-order valence-corrected chi connectivity index (χ3v) is 4.18. The molecule has 1 aliphatic rings. The van der Waals surface area contributed by atoms with Crippen molar-refractivity contribution < 1.29 is 0 Å². The van der Waals surface area contributed by atoms with Crippen LogP contribution in [0.25, 0.3) is 0 Å². The van der Waals surface area contributed by atoms with Crippen molar-refractivity contribution >= 4 is 27.4 Å². The highest BCUT2D eigenvalue weighted by Crippen LogP contribution is 2.30. The summed E-state index contributed by atoms with van der Waals surface area (Å²) in [6.45, 7) is 0. The number of rotatable bonds is 2. The molecule has 0 unspecified atom stereocenters. The second-order valence-electron chi connectivity index (χ2n) is 4.67. The quantitative estimate of drug-likeness (QED) is 0.894. The van der Waals surface area contributed by atoms with E-state index in [0.717, 1.165) is 18.5 Å². The lowest BCUT2D eigenvalue weighted by atomic mass is 9.90. The van der Waals surface area contributed by atoms with E-state index in [-0.39, 0.29) is 5.56 Å². The number of hydrogen-bond donors (Lipinski definition) is 2. The molecule has 0 saturated carbocycles. The van der Waals surface area contributed by atoms with Gasteiger partial charge in [0.05, 0.1) is 6.33 Å². The molecule has 1 aliphatic carbocycles. The molecule has 0 aliphatic heterocycles. The van der Waals surface area contributed by atoms with Gasteiger partial charge in [0.1, 0.15) is 4.47 Å². The molecule has 98 valence electrons. The molecular formula is C14H14BrN3O. The van der Waals surface area contributed by atoms with Gasteiger partial charge in [0.25, 0.3) is 5.56 Å². The van der Waals surface area contributed by atoms with E-state index in [0.29, 0.717) is 10.3 Å². The highest BCUT2D eigenvalue weighted by Gasteiger charge is 2.14. The average Bonchev–Trinajstić information content (AvgIpc) is 2.44. The van der Waals surface area contributed by atoms with Crippen LogP contribution in [-0.2, 0) is 12.8 Å². The summed E-state index contributed by atoms with van der Waals surface area (Å²) < 4.78 is 0.434. The van der Waals surface area contributed by atoms with Gasteiger partial charge < -0.3 is 10.3 Å². The predicted molar refractivity (Wildman–Crippen MR) is 78.9 cm³/mol. The summed E-state index contributed by atoms with van der Waals surface area (Å²) in [5, 5.41) is 3.26. The van der Waals surface area contributed by atoms with Crippen LogP contribution in [0.15, 0.2) is 33.8 Å². The Bertz CT molecular complexity index is 666. The minimum absolute atomic E-state index is 0.178. The van der Waals surface area contributed by atoms with Crippen LogP contribution in [0, 0.1) is 0 Å². The molecule has 5 heteroatoms. The van der Waals surface area contributed by atoms with E-state index in [1.807, 2.05) is 12.1 Å². The number of nitrogens with zero attached hydrogens (tertiary/aromatic N) is 1. The van der Waals surface area contributed by atoms with Crippen LogP contribution in [0.3, 0.4) is 0 Å². The Morgan fingerprint density at radius 2 is 2.11 bits per heavy atom. The molecule has 2 aromatic rings. The standard InChI is InChI=1S/C14H14BrN3O/c15-12-13(16-8-17-14(12)19)18-11-7-3-5-9-4-1-2-6-10(9)11/h3,5,7-8H,1-2,4,6H2,(H2,16,17,18,19). The molecule has 4 nitrogen and oxygen atoms in total. The molecule has 2 N–H and O–H groups in total. The molecule has 3 rings (SSSR count). The second-order valence-corrected chi connectivity index (χ2v) is 5.46.